The van der Waals surface area contributed by atoms with Crippen molar-refractivity contribution in [2.75, 3.05) is 0 Å². The minimum absolute atomic E-state index is 0.289. The molecule has 0 fully saturated rings. The normalized spacial score (nSPS) is 10.8. The summed E-state index contributed by atoms with van der Waals surface area (Å²) in [6, 6.07) is 5.97. The first kappa shape index (κ1) is 11.1. The van der Waals surface area contributed by atoms with Crippen LogP contribution in [0.2, 0.25) is 5.15 Å². The number of nitrogens with zero attached hydrogens (tertiary/aromatic N) is 2. The van der Waals surface area contributed by atoms with Gasteiger partial charge in [0.1, 0.15) is 11.0 Å². The monoisotopic (exact) mass is 239 g/mol. The van der Waals surface area contributed by atoms with Gasteiger partial charge in [-0.25, -0.2) is 9.07 Å². The number of hydrogen-bond donors (Lipinski definition) is 1. The van der Waals surface area contributed by atoms with E-state index in [9.17, 15) is 4.39 Å². The topological polar surface area (TPSA) is 43.8 Å². The molecule has 0 atom stereocenters. The quantitative estimate of drug-likeness (QED) is 0.875. The summed E-state index contributed by atoms with van der Waals surface area (Å²) >= 11 is 6.13. The van der Waals surface area contributed by atoms with Gasteiger partial charge in [0.05, 0.1) is 11.4 Å². The van der Waals surface area contributed by atoms with Crippen molar-refractivity contribution in [2.45, 2.75) is 13.5 Å². The predicted molar refractivity (Wildman–Crippen MR) is 61.2 cm³/mol. The summed E-state index contributed by atoms with van der Waals surface area (Å²) in [6.45, 7) is 2.18. The number of benzene rings is 1. The average Bonchev–Trinajstić information content (AvgIpc) is 2.55. The second kappa shape index (κ2) is 4.23. The van der Waals surface area contributed by atoms with E-state index in [1.807, 2.05) is 6.92 Å². The zero-order valence-corrected chi connectivity index (χ0v) is 9.50. The van der Waals surface area contributed by atoms with Crippen LogP contribution in [-0.2, 0) is 6.54 Å². The highest BCUT2D eigenvalue weighted by molar-refractivity contribution is 6.30. The van der Waals surface area contributed by atoms with E-state index in [4.69, 9.17) is 17.3 Å². The van der Waals surface area contributed by atoms with Crippen LogP contribution >= 0.6 is 11.6 Å². The van der Waals surface area contributed by atoms with Crippen molar-refractivity contribution in [1.29, 1.82) is 0 Å². The molecule has 1 aromatic carbocycles. The van der Waals surface area contributed by atoms with Crippen molar-refractivity contribution >= 4 is 11.6 Å². The lowest BCUT2D eigenvalue weighted by Crippen LogP contribution is -1.99. The minimum atomic E-state index is -0.289. The summed E-state index contributed by atoms with van der Waals surface area (Å²) in [5.74, 6) is -0.289. The van der Waals surface area contributed by atoms with Gasteiger partial charge < -0.3 is 5.73 Å². The van der Waals surface area contributed by atoms with Crippen LogP contribution in [0.5, 0.6) is 0 Å². The third-order valence-corrected chi connectivity index (χ3v) is 2.79. The Hall–Kier alpha value is -1.39. The maximum absolute atomic E-state index is 12.8. The number of rotatable bonds is 2. The SMILES string of the molecule is Cc1nn(-c2ccc(F)cc2)c(Cl)c1CN. The molecule has 0 aliphatic rings. The van der Waals surface area contributed by atoms with E-state index in [-0.39, 0.29) is 5.82 Å². The summed E-state index contributed by atoms with van der Waals surface area (Å²) in [6.07, 6.45) is 0. The molecule has 16 heavy (non-hydrogen) atoms. The molecule has 1 aromatic heterocycles. The first-order chi connectivity index (χ1) is 7.63. The first-order valence-electron chi connectivity index (χ1n) is 4.83. The molecule has 0 radical (unpaired) electrons. The van der Waals surface area contributed by atoms with Crippen molar-refractivity contribution < 1.29 is 4.39 Å². The molecule has 0 aliphatic heterocycles. The average molecular weight is 240 g/mol. The molecule has 0 unspecified atom stereocenters. The molecule has 2 N–H and O–H groups in total. The lowest BCUT2D eigenvalue weighted by Gasteiger charge is -2.02. The molecule has 0 bridgehead atoms. The Labute approximate surface area is 97.6 Å². The van der Waals surface area contributed by atoms with E-state index in [1.54, 1.807) is 16.8 Å². The van der Waals surface area contributed by atoms with Crippen molar-refractivity contribution in [3.63, 3.8) is 0 Å². The van der Waals surface area contributed by atoms with Gasteiger partial charge in [-0.3, -0.25) is 0 Å². The second-order valence-corrected chi connectivity index (χ2v) is 3.81. The van der Waals surface area contributed by atoms with Crippen LogP contribution in [0.3, 0.4) is 0 Å². The number of hydrogen-bond acceptors (Lipinski definition) is 2. The second-order valence-electron chi connectivity index (χ2n) is 3.45. The Bertz CT molecular complexity index is 505. The van der Waals surface area contributed by atoms with Crippen molar-refractivity contribution in [3.8, 4) is 5.69 Å². The highest BCUT2D eigenvalue weighted by Crippen LogP contribution is 2.22. The Balaban J connectivity index is 2.52. The van der Waals surface area contributed by atoms with E-state index < -0.39 is 0 Å². The summed E-state index contributed by atoms with van der Waals surface area (Å²) in [7, 11) is 0. The van der Waals surface area contributed by atoms with Gasteiger partial charge in [-0.15, -0.1) is 0 Å². The molecule has 0 amide bonds. The van der Waals surface area contributed by atoms with E-state index in [0.717, 1.165) is 11.3 Å². The fourth-order valence-electron chi connectivity index (χ4n) is 1.52. The number of nitrogens with two attached hydrogens (primary N) is 1. The van der Waals surface area contributed by atoms with Gasteiger partial charge in [-0.1, -0.05) is 11.6 Å². The number of aryl methyl sites for hydroxylation is 1. The summed E-state index contributed by atoms with van der Waals surface area (Å²) in [5.41, 5.74) is 7.89. The van der Waals surface area contributed by atoms with Crippen LogP contribution in [0.1, 0.15) is 11.3 Å². The molecular weight excluding hydrogens is 229 g/mol. The Morgan fingerprint density at radius 2 is 2.00 bits per heavy atom. The molecule has 84 valence electrons. The van der Waals surface area contributed by atoms with Gasteiger partial charge in [0.15, 0.2) is 0 Å². The van der Waals surface area contributed by atoms with Crippen molar-refractivity contribution in [1.82, 2.24) is 9.78 Å². The summed E-state index contributed by atoms with van der Waals surface area (Å²) in [4.78, 5) is 0. The molecule has 0 saturated carbocycles. The van der Waals surface area contributed by atoms with E-state index in [0.29, 0.717) is 17.4 Å². The Morgan fingerprint density at radius 1 is 1.38 bits per heavy atom. The Kier molecular flexibility index (Phi) is 2.94. The van der Waals surface area contributed by atoms with Gasteiger partial charge >= 0.3 is 0 Å². The fourth-order valence-corrected chi connectivity index (χ4v) is 1.87. The van der Waals surface area contributed by atoms with Crippen LogP contribution in [-0.4, -0.2) is 9.78 Å². The molecular formula is C11H11ClFN3. The summed E-state index contributed by atoms with van der Waals surface area (Å²) < 4.78 is 14.3. The zero-order chi connectivity index (χ0) is 11.7. The molecule has 0 aliphatic carbocycles. The number of aromatic nitrogens is 2. The van der Waals surface area contributed by atoms with Crippen LogP contribution in [0.25, 0.3) is 5.69 Å². The smallest absolute Gasteiger partial charge is 0.137 e. The van der Waals surface area contributed by atoms with Gasteiger partial charge in [-0.2, -0.15) is 5.10 Å². The van der Waals surface area contributed by atoms with Crippen LogP contribution < -0.4 is 5.73 Å². The molecule has 2 rings (SSSR count). The van der Waals surface area contributed by atoms with E-state index in [2.05, 4.69) is 5.10 Å². The molecule has 1 heterocycles. The molecule has 3 nitrogen and oxygen atoms in total. The molecule has 0 saturated heterocycles. The predicted octanol–water partition coefficient (Wildman–Crippen LogP) is 2.43. The van der Waals surface area contributed by atoms with Crippen LogP contribution in [0.4, 0.5) is 4.39 Å². The first-order valence-corrected chi connectivity index (χ1v) is 5.21. The largest absolute Gasteiger partial charge is 0.326 e. The van der Waals surface area contributed by atoms with Gasteiger partial charge in [0.2, 0.25) is 0 Å². The molecule has 0 spiro atoms. The fraction of sp³-hybridized carbons (Fsp3) is 0.182. The lowest BCUT2D eigenvalue weighted by molar-refractivity contribution is 0.627. The standard InChI is InChI=1S/C11H11ClFN3/c1-7-10(6-14)11(12)16(15-7)9-4-2-8(13)3-5-9/h2-5H,6,14H2,1H3. The van der Waals surface area contributed by atoms with Gasteiger partial charge in [0.25, 0.3) is 0 Å². The molecule has 5 heteroatoms. The third kappa shape index (κ3) is 1.81. The van der Waals surface area contributed by atoms with Gasteiger partial charge in [-0.05, 0) is 31.2 Å². The summed E-state index contributed by atoms with van der Waals surface area (Å²) in [5, 5.41) is 4.74. The van der Waals surface area contributed by atoms with E-state index in [1.165, 1.54) is 12.1 Å². The number of halogens is 2. The van der Waals surface area contributed by atoms with Gasteiger partial charge in [0, 0.05) is 12.1 Å². The maximum atomic E-state index is 12.8. The van der Waals surface area contributed by atoms with Crippen LogP contribution in [0, 0.1) is 12.7 Å². The maximum Gasteiger partial charge on any atom is 0.137 e. The van der Waals surface area contributed by atoms with E-state index >= 15 is 0 Å². The highest BCUT2D eigenvalue weighted by Gasteiger charge is 2.12. The van der Waals surface area contributed by atoms with Crippen LogP contribution in [0.15, 0.2) is 24.3 Å². The third-order valence-electron chi connectivity index (χ3n) is 2.40. The zero-order valence-electron chi connectivity index (χ0n) is 8.74. The lowest BCUT2D eigenvalue weighted by atomic mass is 10.3. The highest BCUT2D eigenvalue weighted by atomic mass is 35.5. The van der Waals surface area contributed by atoms with Crippen molar-refractivity contribution in [2.24, 2.45) is 5.73 Å². The Morgan fingerprint density at radius 3 is 2.50 bits per heavy atom. The molecule has 2 aromatic rings. The van der Waals surface area contributed by atoms with Crippen molar-refractivity contribution in [3.05, 3.63) is 46.5 Å². The minimum Gasteiger partial charge on any atom is -0.326 e.